The molecular weight excluding hydrogens is 238 g/mol. The van der Waals surface area contributed by atoms with E-state index in [-0.39, 0.29) is 6.03 Å². The summed E-state index contributed by atoms with van der Waals surface area (Å²) in [5.41, 5.74) is 8.13. The number of benzene rings is 1. The summed E-state index contributed by atoms with van der Waals surface area (Å²) in [6, 6.07) is 5.31. The van der Waals surface area contributed by atoms with Crippen molar-refractivity contribution in [2.45, 2.75) is 32.6 Å². The first-order chi connectivity index (χ1) is 9.15. The Hall–Kier alpha value is -1.97. The fourth-order valence-electron chi connectivity index (χ4n) is 2.36. The molecule has 4 N–H and O–H groups in total. The van der Waals surface area contributed by atoms with Crippen LogP contribution in [0.3, 0.4) is 0 Å². The minimum absolute atomic E-state index is 0.259. The zero-order chi connectivity index (χ0) is 13.7. The number of nitrogens with two attached hydrogens (primary N) is 1. The number of anilines is 2. The molecule has 1 saturated carbocycles. The Bertz CT molecular complexity index is 476. The van der Waals surface area contributed by atoms with E-state index in [1.54, 1.807) is 6.20 Å². The number of rotatable bonds is 3. The van der Waals surface area contributed by atoms with Crippen molar-refractivity contribution >= 4 is 17.4 Å². The Balaban J connectivity index is 1.83. The van der Waals surface area contributed by atoms with Crippen LogP contribution in [0.1, 0.15) is 31.2 Å². The molecule has 4 heteroatoms. The van der Waals surface area contributed by atoms with Crippen molar-refractivity contribution in [3.63, 3.8) is 0 Å². The van der Waals surface area contributed by atoms with Crippen molar-refractivity contribution in [1.29, 1.82) is 0 Å². The highest BCUT2D eigenvalue weighted by molar-refractivity contribution is 5.93. The van der Waals surface area contributed by atoms with Gasteiger partial charge < -0.3 is 16.4 Å². The van der Waals surface area contributed by atoms with E-state index in [1.807, 2.05) is 25.1 Å². The Morgan fingerprint density at radius 3 is 2.79 bits per heavy atom. The van der Waals surface area contributed by atoms with Gasteiger partial charge in [-0.15, -0.1) is 0 Å². The molecule has 1 aliphatic rings. The molecular formula is C15H21N3O. The second-order valence-electron chi connectivity index (χ2n) is 5.09. The van der Waals surface area contributed by atoms with Crippen molar-refractivity contribution < 1.29 is 4.79 Å². The highest BCUT2D eigenvalue weighted by Gasteiger charge is 2.11. The van der Waals surface area contributed by atoms with Gasteiger partial charge in [-0.2, -0.15) is 0 Å². The molecule has 0 spiro atoms. The van der Waals surface area contributed by atoms with Crippen molar-refractivity contribution in [2.75, 3.05) is 11.1 Å². The van der Waals surface area contributed by atoms with Gasteiger partial charge in [0.2, 0.25) is 0 Å². The maximum absolute atomic E-state index is 11.7. The molecule has 0 bridgehead atoms. The van der Waals surface area contributed by atoms with E-state index in [1.165, 1.54) is 25.7 Å². The molecule has 2 rings (SSSR count). The van der Waals surface area contributed by atoms with Crippen LogP contribution in [-0.4, -0.2) is 6.03 Å². The zero-order valence-electron chi connectivity index (χ0n) is 11.3. The maximum Gasteiger partial charge on any atom is 0.323 e. The minimum atomic E-state index is -0.259. The van der Waals surface area contributed by atoms with Gasteiger partial charge in [0.05, 0.1) is 11.4 Å². The molecule has 19 heavy (non-hydrogen) atoms. The van der Waals surface area contributed by atoms with Crippen LogP contribution in [0.4, 0.5) is 16.2 Å². The lowest BCUT2D eigenvalue weighted by atomic mass is 10.1. The molecule has 1 aromatic rings. The number of amides is 2. The van der Waals surface area contributed by atoms with Gasteiger partial charge in [-0.1, -0.05) is 25.0 Å². The Morgan fingerprint density at radius 2 is 2.11 bits per heavy atom. The van der Waals surface area contributed by atoms with Crippen LogP contribution >= 0.6 is 0 Å². The van der Waals surface area contributed by atoms with E-state index in [9.17, 15) is 4.79 Å². The van der Waals surface area contributed by atoms with E-state index >= 15 is 0 Å². The van der Waals surface area contributed by atoms with Gasteiger partial charge >= 0.3 is 6.03 Å². The summed E-state index contributed by atoms with van der Waals surface area (Å²) in [5.74, 6) is 0.616. The van der Waals surface area contributed by atoms with Gasteiger partial charge in [0, 0.05) is 6.20 Å². The van der Waals surface area contributed by atoms with E-state index in [0.29, 0.717) is 17.3 Å². The zero-order valence-corrected chi connectivity index (χ0v) is 11.3. The predicted octanol–water partition coefficient (Wildman–Crippen LogP) is 3.40. The summed E-state index contributed by atoms with van der Waals surface area (Å²) >= 11 is 0. The lowest BCUT2D eigenvalue weighted by molar-refractivity contribution is 0.255. The second-order valence-corrected chi connectivity index (χ2v) is 5.09. The van der Waals surface area contributed by atoms with E-state index in [0.717, 1.165) is 5.56 Å². The third-order valence-corrected chi connectivity index (χ3v) is 3.44. The molecule has 1 aliphatic carbocycles. The number of allylic oxidation sites excluding steroid dienone is 1. The van der Waals surface area contributed by atoms with E-state index in [4.69, 9.17) is 5.73 Å². The van der Waals surface area contributed by atoms with Gasteiger partial charge in [-0.05, 0) is 43.4 Å². The normalized spacial score (nSPS) is 15.8. The van der Waals surface area contributed by atoms with E-state index < -0.39 is 0 Å². The molecule has 0 unspecified atom stereocenters. The Labute approximate surface area is 114 Å². The third-order valence-electron chi connectivity index (χ3n) is 3.44. The summed E-state index contributed by atoms with van der Waals surface area (Å²) in [7, 11) is 0. The molecule has 0 saturated heterocycles. The fraction of sp³-hybridized carbons (Fsp3) is 0.400. The highest BCUT2D eigenvalue weighted by atomic mass is 16.2. The van der Waals surface area contributed by atoms with Crippen LogP contribution in [0.5, 0.6) is 0 Å². The average Bonchev–Trinajstić information content (AvgIpc) is 2.86. The molecule has 0 atom stereocenters. The van der Waals surface area contributed by atoms with Gasteiger partial charge in [0.15, 0.2) is 0 Å². The number of carbonyl (C=O) groups excluding carboxylic acids is 1. The lowest BCUT2D eigenvalue weighted by Gasteiger charge is -2.08. The largest absolute Gasteiger partial charge is 0.397 e. The van der Waals surface area contributed by atoms with Crippen LogP contribution < -0.4 is 16.4 Å². The number of nitrogen functional groups attached to an aromatic ring is 1. The molecule has 0 aromatic heterocycles. The predicted molar refractivity (Wildman–Crippen MR) is 78.8 cm³/mol. The number of hydrogen-bond acceptors (Lipinski definition) is 2. The first kappa shape index (κ1) is 13.5. The van der Waals surface area contributed by atoms with Crippen LogP contribution in [0.25, 0.3) is 0 Å². The SMILES string of the molecule is Cc1ccc(NC(=O)N/C=C/C2CCCC2)c(N)c1. The smallest absolute Gasteiger partial charge is 0.323 e. The number of urea groups is 1. The summed E-state index contributed by atoms with van der Waals surface area (Å²) in [6.07, 6.45) is 8.85. The molecule has 1 fully saturated rings. The molecule has 4 nitrogen and oxygen atoms in total. The first-order valence-corrected chi connectivity index (χ1v) is 6.75. The van der Waals surface area contributed by atoms with Crippen molar-refractivity contribution in [1.82, 2.24) is 5.32 Å². The maximum atomic E-state index is 11.7. The Morgan fingerprint density at radius 1 is 1.37 bits per heavy atom. The highest BCUT2D eigenvalue weighted by Crippen LogP contribution is 2.25. The van der Waals surface area contributed by atoms with Crippen molar-refractivity contribution in [3.05, 3.63) is 36.0 Å². The van der Waals surface area contributed by atoms with Crippen LogP contribution in [0.15, 0.2) is 30.5 Å². The number of aryl methyl sites for hydroxylation is 1. The van der Waals surface area contributed by atoms with E-state index in [2.05, 4.69) is 16.7 Å². The van der Waals surface area contributed by atoms with Crippen LogP contribution in [-0.2, 0) is 0 Å². The minimum Gasteiger partial charge on any atom is -0.397 e. The number of nitrogens with one attached hydrogen (secondary N) is 2. The van der Waals surface area contributed by atoms with Crippen molar-refractivity contribution in [3.8, 4) is 0 Å². The van der Waals surface area contributed by atoms with Gasteiger partial charge in [-0.25, -0.2) is 4.79 Å². The lowest BCUT2D eigenvalue weighted by Crippen LogP contribution is -2.24. The molecule has 1 aromatic carbocycles. The Kier molecular flexibility index (Phi) is 4.44. The number of carbonyl (C=O) groups is 1. The van der Waals surface area contributed by atoms with Gasteiger partial charge in [0.1, 0.15) is 0 Å². The standard InChI is InChI=1S/C15H21N3O/c1-11-6-7-14(13(16)10-11)18-15(19)17-9-8-12-4-2-3-5-12/h6-10,12H,2-5,16H2,1H3,(H2,17,18,19)/b9-8+. The molecule has 0 aliphatic heterocycles. The summed E-state index contributed by atoms with van der Waals surface area (Å²) in [4.78, 5) is 11.7. The topological polar surface area (TPSA) is 67.2 Å². The fourth-order valence-corrected chi connectivity index (χ4v) is 2.36. The van der Waals surface area contributed by atoms with Crippen LogP contribution in [0, 0.1) is 12.8 Å². The first-order valence-electron chi connectivity index (χ1n) is 6.75. The quantitative estimate of drug-likeness (QED) is 0.728. The van der Waals surface area contributed by atoms with Gasteiger partial charge in [-0.3, -0.25) is 0 Å². The molecule has 0 radical (unpaired) electrons. The monoisotopic (exact) mass is 259 g/mol. The molecule has 102 valence electrons. The molecule has 2 amide bonds. The third kappa shape index (κ3) is 4.02. The second kappa shape index (κ2) is 6.27. The van der Waals surface area contributed by atoms with Crippen LogP contribution in [0.2, 0.25) is 0 Å². The molecule has 0 heterocycles. The average molecular weight is 259 g/mol. The van der Waals surface area contributed by atoms with Crippen molar-refractivity contribution in [2.24, 2.45) is 5.92 Å². The summed E-state index contributed by atoms with van der Waals surface area (Å²) < 4.78 is 0. The van der Waals surface area contributed by atoms with Gasteiger partial charge in [0.25, 0.3) is 0 Å². The number of hydrogen-bond donors (Lipinski definition) is 3. The summed E-state index contributed by atoms with van der Waals surface area (Å²) in [6.45, 7) is 1.96. The summed E-state index contributed by atoms with van der Waals surface area (Å²) in [5, 5.41) is 5.45.